The maximum Gasteiger partial charge on any atom is 0.364 e. The molecule has 0 aromatic heterocycles. The molecule has 0 aromatic rings. The highest BCUT2D eigenvalue weighted by Gasteiger charge is 1.88. The summed E-state index contributed by atoms with van der Waals surface area (Å²) in [5.74, 6) is 0.648. The van der Waals surface area contributed by atoms with Gasteiger partial charge >= 0.3 is 5.30 Å². The predicted molar refractivity (Wildman–Crippen MR) is 33.4 cm³/mol. The maximum atomic E-state index is 9.56. The summed E-state index contributed by atoms with van der Waals surface area (Å²) in [6, 6.07) is 0. The van der Waals surface area contributed by atoms with Crippen LogP contribution in [0.1, 0.15) is 6.92 Å². The molecule has 0 radical (unpaired) electrons. The lowest BCUT2D eigenvalue weighted by Gasteiger charge is -1.79. The molecule has 0 aliphatic heterocycles. The summed E-state index contributed by atoms with van der Waals surface area (Å²) in [7, 11) is 0. The minimum absolute atomic E-state index is 0. The Hall–Kier alpha value is 0.110. The Morgan fingerprint density at radius 3 is 2.29 bits per heavy atom. The number of hydrogen-bond acceptors (Lipinski definition) is 2. The molecule has 2 nitrogen and oxygen atoms in total. The highest BCUT2D eigenvalue weighted by molar-refractivity contribution is 8.13. The lowest BCUT2D eigenvalue weighted by molar-refractivity contribution is 0.222. The molecule has 0 spiro atoms. The van der Waals surface area contributed by atoms with Gasteiger partial charge in [-0.1, -0.05) is 6.92 Å². The summed E-state index contributed by atoms with van der Waals surface area (Å²) >= 11 is 0.903. The van der Waals surface area contributed by atoms with Gasteiger partial charge in [0.1, 0.15) is 0 Å². The van der Waals surface area contributed by atoms with Crippen molar-refractivity contribution in [3.63, 3.8) is 0 Å². The molecule has 44 valence electrons. The van der Waals surface area contributed by atoms with Crippen molar-refractivity contribution in [2.24, 2.45) is 0 Å². The van der Waals surface area contributed by atoms with Crippen LogP contribution in [0.4, 0.5) is 4.79 Å². The first kappa shape index (κ1) is 10.2. The zero-order valence-corrected chi connectivity index (χ0v) is 5.51. The van der Waals surface area contributed by atoms with E-state index in [0.717, 1.165) is 11.8 Å². The summed E-state index contributed by atoms with van der Waals surface area (Å²) in [5, 5.41) is 7.08. The van der Waals surface area contributed by atoms with Gasteiger partial charge in [-0.15, -0.1) is 12.4 Å². The first-order valence-corrected chi connectivity index (χ1v) is 2.61. The molecule has 0 unspecified atom stereocenters. The van der Waals surface area contributed by atoms with E-state index in [1.807, 2.05) is 0 Å². The van der Waals surface area contributed by atoms with Gasteiger partial charge in [-0.05, 0) is 11.8 Å². The normalized spacial score (nSPS) is 7.00. The lowest BCUT2D eigenvalue weighted by atomic mass is 11.0. The van der Waals surface area contributed by atoms with Gasteiger partial charge in [0.25, 0.3) is 0 Å². The number of rotatable bonds is 1. The zero-order chi connectivity index (χ0) is 4.99. The van der Waals surface area contributed by atoms with Crippen LogP contribution in [-0.2, 0) is 0 Å². The van der Waals surface area contributed by atoms with Gasteiger partial charge in [-0.25, -0.2) is 4.79 Å². The molecule has 0 saturated heterocycles. The van der Waals surface area contributed by atoms with Crippen molar-refractivity contribution in [3.05, 3.63) is 0 Å². The predicted octanol–water partition coefficient (Wildman–Crippen LogP) is 1.84. The Morgan fingerprint density at radius 2 is 2.29 bits per heavy atom. The third kappa shape index (κ3) is 10.7. The molecule has 0 heterocycles. The largest absolute Gasteiger partial charge is 0.473 e. The van der Waals surface area contributed by atoms with E-state index in [4.69, 9.17) is 5.11 Å². The average molecular weight is 143 g/mol. The molecule has 0 aliphatic carbocycles. The van der Waals surface area contributed by atoms with E-state index < -0.39 is 5.30 Å². The van der Waals surface area contributed by atoms with Gasteiger partial charge in [-0.3, -0.25) is 0 Å². The van der Waals surface area contributed by atoms with Gasteiger partial charge < -0.3 is 5.11 Å². The molecule has 0 rings (SSSR count). The van der Waals surface area contributed by atoms with Crippen molar-refractivity contribution in [1.82, 2.24) is 0 Å². The Labute approximate surface area is 52.7 Å². The van der Waals surface area contributed by atoms with E-state index >= 15 is 0 Å². The van der Waals surface area contributed by atoms with Gasteiger partial charge in [0.2, 0.25) is 0 Å². The van der Waals surface area contributed by atoms with E-state index in [1.54, 1.807) is 6.92 Å². The van der Waals surface area contributed by atoms with Crippen LogP contribution in [0.2, 0.25) is 0 Å². The first-order chi connectivity index (χ1) is 2.77. The van der Waals surface area contributed by atoms with Crippen molar-refractivity contribution in [1.29, 1.82) is 0 Å². The van der Waals surface area contributed by atoms with Crippen molar-refractivity contribution in [2.45, 2.75) is 6.92 Å². The fourth-order valence-electron chi connectivity index (χ4n) is 0.123. The van der Waals surface area contributed by atoms with Crippen LogP contribution in [-0.4, -0.2) is 16.2 Å². The maximum absolute atomic E-state index is 9.56. The molecule has 0 bridgehead atoms. The number of thioether (sulfide) groups is 1. The Bertz CT molecular complexity index is 56.9. The molecule has 0 aliphatic rings. The Balaban J connectivity index is 0. The molecule has 0 amide bonds. The van der Waals surface area contributed by atoms with Crippen LogP contribution in [0.15, 0.2) is 0 Å². The van der Waals surface area contributed by atoms with Crippen molar-refractivity contribution in [2.75, 3.05) is 5.75 Å². The molecule has 4 heteroatoms. The van der Waals surface area contributed by atoms with Crippen LogP contribution >= 0.6 is 24.2 Å². The standard InChI is InChI=1S/C3H6O2S.ClH/c1-2-6-3(4)5;/h2H2,1H3,(H,4,5);1H. The summed E-state index contributed by atoms with van der Waals surface area (Å²) in [6.07, 6.45) is 0. The summed E-state index contributed by atoms with van der Waals surface area (Å²) in [5.41, 5.74) is 0. The van der Waals surface area contributed by atoms with Crippen LogP contribution < -0.4 is 0 Å². The summed E-state index contributed by atoms with van der Waals surface area (Å²) < 4.78 is 0. The Morgan fingerprint density at radius 1 is 1.86 bits per heavy atom. The molecular weight excluding hydrogens is 136 g/mol. The highest BCUT2D eigenvalue weighted by atomic mass is 35.5. The van der Waals surface area contributed by atoms with E-state index in [2.05, 4.69) is 0 Å². The smallest absolute Gasteiger partial charge is 0.364 e. The van der Waals surface area contributed by atoms with Crippen molar-refractivity contribution >= 4 is 29.5 Å². The van der Waals surface area contributed by atoms with Gasteiger partial charge in [-0.2, -0.15) is 0 Å². The van der Waals surface area contributed by atoms with Crippen molar-refractivity contribution < 1.29 is 9.90 Å². The molecule has 1 N–H and O–H groups in total. The highest BCUT2D eigenvalue weighted by Crippen LogP contribution is 1.96. The van der Waals surface area contributed by atoms with E-state index in [-0.39, 0.29) is 12.4 Å². The molecule has 7 heavy (non-hydrogen) atoms. The summed E-state index contributed by atoms with van der Waals surface area (Å²) in [6.45, 7) is 1.80. The lowest BCUT2D eigenvalue weighted by Crippen LogP contribution is -1.81. The second kappa shape index (κ2) is 6.11. The SMILES string of the molecule is CCSC(=O)O.Cl. The zero-order valence-electron chi connectivity index (χ0n) is 3.88. The van der Waals surface area contributed by atoms with E-state index in [0.29, 0.717) is 5.75 Å². The quantitative estimate of drug-likeness (QED) is 0.607. The number of carbonyl (C=O) groups is 1. The van der Waals surface area contributed by atoms with E-state index in [1.165, 1.54) is 0 Å². The van der Waals surface area contributed by atoms with Crippen LogP contribution in [0.25, 0.3) is 0 Å². The molecule has 0 aromatic carbocycles. The molecule has 0 atom stereocenters. The topological polar surface area (TPSA) is 37.3 Å². The second-order valence-electron chi connectivity index (χ2n) is 0.699. The second-order valence-corrected chi connectivity index (χ2v) is 1.91. The Kier molecular flexibility index (Phi) is 8.87. The van der Waals surface area contributed by atoms with Crippen molar-refractivity contribution in [3.8, 4) is 0 Å². The molecule has 0 saturated carbocycles. The van der Waals surface area contributed by atoms with Crippen LogP contribution in [0, 0.1) is 0 Å². The number of carboxylic acid groups (broad SMARTS) is 1. The van der Waals surface area contributed by atoms with Crippen LogP contribution in [0.3, 0.4) is 0 Å². The average Bonchev–Trinajstić information content (AvgIpc) is 1.35. The minimum Gasteiger partial charge on any atom is -0.473 e. The van der Waals surface area contributed by atoms with E-state index in [9.17, 15) is 4.79 Å². The fraction of sp³-hybridized carbons (Fsp3) is 0.667. The third-order valence-electron chi connectivity index (χ3n) is 0.268. The number of halogens is 1. The van der Waals surface area contributed by atoms with Gasteiger partial charge in [0, 0.05) is 5.75 Å². The fourth-order valence-corrected chi connectivity index (χ4v) is 0.370. The minimum atomic E-state index is -0.794. The van der Waals surface area contributed by atoms with Gasteiger partial charge in [0.05, 0.1) is 0 Å². The third-order valence-corrected chi connectivity index (χ3v) is 0.803. The first-order valence-electron chi connectivity index (χ1n) is 1.63. The monoisotopic (exact) mass is 142 g/mol. The van der Waals surface area contributed by atoms with Gasteiger partial charge in [0.15, 0.2) is 0 Å². The summed E-state index contributed by atoms with van der Waals surface area (Å²) in [4.78, 5) is 9.56. The van der Waals surface area contributed by atoms with Crippen LogP contribution in [0.5, 0.6) is 0 Å². The number of hydrogen-bond donors (Lipinski definition) is 1. The molecule has 0 fully saturated rings. The molecular formula is C3H7ClO2S.